The lowest BCUT2D eigenvalue weighted by Crippen LogP contribution is -2.41. The number of hydrogen-bond acceptors (Lipinski definition) is 7. The summed E-state index contributed by atoms with van der Waals surface area (Å²) in [5.74, 6) is 3.10. The Morgan fingerprint density at radius 2 is 1.71 bits per heavy atom. The molecule has 0 aromatic carbocycles. The van der Waals surface area contributed by atoms with Crippen LogP contribution >= 0.6 is 0 Å². The molecule has 0 bridgehead atoms. The maximum Gasteiger partial charge on any atom is 0.225 e. The van der Waals surface area contributed by atoms with E-state index in [1.165, 1.54) is 70.5 Å². The van der Waals surface area contributed by atoms with E-state index in [4.69, 9.17) is 11.2 Å². The molecule has 3 atom stereocenters. The monoisotopic (exact) mass is 527 g/mol. The van der Waals surface area contributed by atoms with E-state index in [2.05, 4.69) is 33.1 Å². The second-order valence-electron chi connectivity index (χ2n) is 10.5. The first-order chi connectivity index (χ1) is 18.4. The molecular formula is C29H45N5O4. The van der Waals surface area contributed by atoms with Crippen LogP contribution in [-0.2, 0) is 9.53 Å². The molecule has 3 rings (SSSR count). The van der Waals surface area contributed by atoms with Gasteiger partial charge in [-0.15, -0.1) is 6.42 Å². The second kappa shape index (κ2) is 15.2. The van der Waals surface area contributed by atoms with E-state index < -0.39 is 24.5 Å². The molecule has 1 amide bonds. The maximum atomic E-state index is 12.6. The summed E-state index contributed by atoms with van der Waals surface area (Å²) in [5, 5.41) is 22.9. The second-order valence-corrected chi connectivity index (χ2v) is 10.5. The average molecular weight is 528 g/mol. The number of carbonyl (C=O) groups excluding carboxylic acids is 1. The first kappa shape index (κ1) is 30.0. The molecule has 3 N–H and O–H groups in total. The number of terminal acetylenes is 1. The maximum absolute atomic E-state index is 12.6. The molecule has 0 radical (unpaired) electrons. The summed E-state index contributed by atoms with van der Waals surface area (Å²) in [6.07, 6.45) is 22.4. The summed E-state index contributed by atoms with van der Waals surface area (Å²) in [6.45, 7) is 3.50. The molecule has 0 aliphatic carbocycles. The van der Waals surface area contributed by atoms with Crippen molar-refractivity contribution in [3.8, 4) is 12.3 Å². The van der Waals surface area contributed by atoms with Gasteiger partial charge in [0, 0.05) is 12.8 Å². The number of unbranched alkanes of at least 4 members (excludes halogenated alkanes) is 12. The van der Waals surface area contributed by atoms with Gasteiger partial charge < -0.3 is 20.3 Å². The van der Waals surface area contributed by atoms with Gasteiger partial charge in [0.25, 0.3) is 0 Å². The van der Waals surface area contributed by atoms with Gasteiger partial charge in [0.15, 0.2) is 22.6 Å². The minimum absolute atomic E-state index is 0.0961. The van der Waals surface area contributed by atoms with Crippen molar-refractivity contribution in [2.24, 2.45) is 0 Å². The number of aryl methyl sites for hydroxylation is 1. The van der Waals surface area contributed by atoms with Gasteiger partial charge >= 0.3 is 0 Å². The molecule has 210 valence electrons. The predicted octanol–water partition coefficient (Wildman–Crippen LogP) is 5.20. The minimum Gasteiger partial charge on any atom is -0.392 e. The Bertz CT molecular complexity index is 1070. The standard InChI is InChI=1S/C29H45N5O4/c1-4-6-7-8-9-10-11-12-13-14-15-16-17-18-24(37)33-27-26-28(32-22(3)31-27)34(21-30-26)25-19-23(36)29(5-2,20-35)38-25/h2,21,23,25,35-36H,4,6-20H2,1,3H3,(H,31,32,33,37)/t23-,25+,29+/m0/s1. The normalized spacial score (nSPS) is 21.1. The Hall–Kier alpha value is -2.54. The Balaban J connectivity index is 1.41. The summed E-state index contributed by atoms with van der Waals surface area (Å²) in [4.78, 5) is 25.9. The molecule has 9 nitrogen and oxygen atoms in total. The molecule has 0 spiro atoms. The van der Waals surface area contributed by atoms with Crippen LogP contribution in [0.5, 0.6) is 0 Å². The van der Waals surface area contributed by atoms with Crippen molar-refractivity contribution in [3.63, 3.8) is 0 Å². The largest absolute Gasteiger partial charge is 0.392 e. The number of nitrogens with one attached hydrogen (secondary N) is 1. The lowest BCUT2D eigenvalue weighted by Gasteiger charge is -2.23. The number of ether oxygens (including phenoxy) is 1. The van der Waals surface area contributed by atoms with Gasteiger partial charge in [-0.05, 0) is 13.3 Å². The van der Waals surface area contributed by atoms with E-state index >= 15 is 0 Å². The van der Waals surface area contributed by atoms with E-state index in [0.717, 1.165) is 19.3 Å². The third kappa shape index (κ3) is 7.98. The molecule has 1 saturated heterocycles. The predicted molar refractivity (Wildman–Crippen MR) is 148 cm³/mol. The van der Waals surface area contributed by atoms with Gasteiger partial charge in [0.2, 0.25) is 5.91 Å². The topological polar surface area (TPSA) is 122 Å². The summed E-state index contributed by atoms with van der Waals surface area (Å²) in [7, 11) is 0. The Morgan fingerprint density at radius 1 is 1.11 bits per heavy atom. The van der Waals surface area contributed by atoms with Crippen molar-refractivity contribution in [2.45, 2.75) is 128 Å². The molecule has 38 heavy (non-hydrogen) atoms. The van der Waals surface area contributed by atoms with Crippen LogP contribution in [0.15, 0.2) is 6.33 Å². The molecule has 1 aliphatic heterocycles. The summed E-state index contributed by atoms with van der Waals surface area (Å²) in [5.41, 5.74) is -0.555. The highest BCUT2D eigenvalue weighted by atomic mass is 16.6. The lowest BCUT2D eigenvalue weighted by atomic mass is 9.99. The SMILES string of the molecule is C#C[C@]1(CO)O[C@@H](n2cnc3c(NC(=O)CCCCCCCCCCCCCCC)nc(C)nc32)C[C@@H]1O. The van der Waals surface area contributed by atoms with E-state index in [1.807, 2.05) is 0 Å². The number of imidazole rings is 1. The number of amides is 1. The summed E-state index contributed by atoms with van der Waals surface area (Å²) >= 11 is 0. The van der Waals surface area contributed by atoms with Gasteiger partial charge in [0.05, 0.1) is 12.9 Å². The van der Waals surface area contributed by atoms with Crippen LogP contribution in [0.25, 0.3) is 11.2 Å². The molecule has 9 heteroatoms. The van der Waals surface area contributed by atoms with Gasteiger partial charge in [-0.25, -0.2) is 15.0 Å². The third-order valence-corrected chi connectivity index (χ3v) is 7.40. The number of fused-ring (bicyclic) bond motifs is 1. The van der Waals surface area contributed by atoms with Crippen molar-refractivity contribution in [2.75, 3.05) is 11.9 Å². The van der Waals surface area contributed by atoms with Crippen LogP contribution in [0.4, 0.5) is 5.82 Å². The fraction of sp³-hybridized carbons (Fsp3) is 0.724. The van der Waals surface area contributed by atoms with E-state index in [9.17, 15) is 15.0 Å². The van der Waals surface area contributed by atoms with E-state index in [0.29, 0.717) is 29.2 Å². The van der Waals surface area contributed by atoms with E-state index in [-0.39, 0.29) is 12.3 Å². The number of aromatic nitrogens is 4. The third-order valence-electron chi connectivity index (χ3n) is 7.40. The van der Waals surface area contributed by atoms with Crippen molar-refractivity contribution in [3.05, 3.63) is 12.2 Å². The van der Waals surface area contributed by atoms with E-state index in [1.54, 1.807) is 11.5 Å². The Morgan fingerprint density at radius 3 is 2.26 bits per heavy atom. The summed E-state index contributed by atoms with van der Waals surface area (Å²) in [6, 6.07) is 0. The molecular weight excluding hydrogens is 482 g/mol. The Labute approximate surface area is 226 Å². The average Bonchev–Trinajstić information content (AvgIpc) is 3.47. The molecule has 2 aromatic rings. The molecule has 3 heterocycles. The molecule has 1 aliphatic rings. The minimum atomic E-state index is -1.46. The number of aliphatic hydroxyl groups excluding tert-OH is 2. The fourth-order valence-electron chi connectivity index (χ4n) is 5.06. The van der Waals surface area contributed by atoms with Crippen LogP contribution < -0.4 is 5.32 Å². The Kier molecular flexibility index (Phi) is 12.0. The lowest BCUT2D eigenvalue weighted by molar-refractivity contribution is -0.116. The zero-order valence-corrected chi connectivity index (χ0v) is 23.1. The van der Waals surface area contributed by atoms with Gasteiger partial charge in [0.1, 0.15) is 18.2 Å². The number of hydrogen-bond donors (Lipinski definition) is 3. The van der Waals surface area contributed by atoms with Crippen molar-refractivity contribution >= 4 is 22.9 Å². The number of aliphatic hydroxyl groups is 2. The highest BCUT2D eigenvalue weighted by molar-refractivity contribution is 5.96. The fourth-order valence-corrected chi connectivity index (χ4v) is 5.06. The van der Waals surface area contributed by atoms with Crippen LogP contribution in [0.2, 0.25) is 0 Å². The first-order valence-electron chi connectivity index (χ1n) is 14.4. The van der Waals surface area contributed by atoms with Crippen molar-refractivity contribution in [1.29, 1.82) is 0 Å². The molecule has 2 aromatic heterocycles. The highest BCUT2D eigenvalue weighted by Crippen LogP contribution is 2.38. The van der Waals surface area contributed by atoms with Crippen molar-refractivity contribution in [1.82, 2.24) is 19.5 Å². The van der Waals surface area contributed by atoms with Crippen LogP contribution in [0.3, 0.4) is 0 Å². The quantitative estimate of drug-likeness (QED) is 0.191. The number of anilines is 1. The molecule has 0 saturated carbocycles. The number of rotatable bonds is 17. The molecule has 0 unspecified atom stereocenters. The van der Waals surface area contributed by atoms with Crippen LogP contribution in [0.1, 0.15) is 115 Å². The first-order valence-corrected chi connectivity index (χ1v) is 14.4. The van der Waals surface area contributed by atoms with Gasteiger partial charge in [-0.1, -0.05) is 89.9 Å². The smallest absolute Gasteiger partial charge is 0.225 e. The van der Waals surface area contributed by atoms with Crippen LogP contribution in [0, 0.1) is 19.3 Å². The van der Waals surface area contributed by atoms with Crippen LogP contribution in [-0.4, -0.2) is 54.0 Å². The van der Waals surface area contributed by atoms with Crippen molar-refractivity contribution < 1.29 is 19.7 Å². The number of carbonyl (C=O) groups is 1. The molecule has 1 fully saturated rings. The van der Waals surface area contributed by atoms with Gasteiger partial charge in [-0.2, -0.15) is 0 Å². The zero-order chi connectivity index (χ0) is 27.4. The summed E-state index contributed by atoms with van der Waals surface area (Å²) < 4.78 is 7.50. The van der Waals surface area contributed by atoms with Gasteiger partial charge in [-0.3, -0.25) is 9.36 Å². The number of nitrogens with zero attached hydrogens (tertiary/aromatic N) is 4. The highest BCUT2D eigenvalue weighted by Gasteiger charge is 2.47. The zero-order valence-electron chi connectivity index (χ0n) is 23.1.